The second-order valence-electron chi connectivity index (χ2n) is 7.98. The number of hydrogen-bond acceptors (Lipinski definition) is 5. The molecular weight excluding hydrogens is 433 g/mol. The smallest absolute Gasteiger partial charge is 0.330 e. The van der Waals surface area contributed by atoms with Crippen molar-refractivity contribution in [3.8, 4) is 11.3 Å². The third-order valence-electron chi connectivity index (χ3n) is 5.96. The van der Waals surface area contributed by atoms with Gasteiger partial charge in [0.25, 0.3) is 5.91 Å². The standard InChI is InChI=1S/C23H19F3N6O/c1-13-20-17(21(31(2)30-20)15-9-16(12-27-11-15)23(24,25)26)5-8-32(13)22(33)14-3-4-18-19(10-14)29-7-6-28-18/h3-4,6-7,9-13H,5,8H2,1-2H3. The van der Waals surface area contributed by atoms with Crippen molar-refractivity contribution >= 4 is 16.9 Å². The summed E-state index contributed by atoms with van der Waals surface area (Å²) >= 11 is 0. The van der Waals surface area contributed by atoms with Crippen LogP contribution in [0.1, 0.15) is 40.1 Å². The van der Waals surface area contributed by atoms with Crippen LogP contribution in [0.5, 0.6) is 0 Å². The van der Waals surface area contributed by atoms with Crippen LogP contribution in [0.3, 0.4) is 0 Å². The van der Waals surface area contributed by atoms with E-state index in [9.17, 15) is 18.0 Å². The summed E-state index contributed by atoms with van der Waals surface area (Å²) in [6, 6.07) is 5.93. The van der Waals surface area contributed by atoms with Gasteiger partial charge in [-0.15, -0.1) is 0 Å². The predicted molar refractivity (Wildman–Crippen MR) is 114 cm³/mol. The molecule has 0 aliphatic carbocycles. The maximum absolute atomic E-state index is 13.3. The molecule has 4 aromatic rings. The second-order valence-corrected chi connectivity index (χ2v) is 7.98. The molecule has 0 saturated heterocycles. The van der Waals surface area contributed by atoms with Crippen molar-refractivity contribution in [2.45, 2.75) is 25.6 Å². The predicted octanol–water partition coefficient (Wildman–Crippen LogP) is 4.20. The van der Waals surface area contributed by atoms with E-state index in [1.165, 1.54) is 6.20 Å². The van der Waals surface area contributed by atoms with E-state index in [0.717, 1.165) is 17.8 Å². The van der Waals surface area contributed by atoms with Crippen LogP contribution in [-0.2, 0) is 19.6 Å². The number of fused-ring (bicyclic) bond motifs is 2. The molecule has 1 aliphatic rings. The van der Waals surface area contributed by atoms with Gasteiger partial charge in [-0.1, -0.05) is 0 Å². The van der Waals surface area contributed by atoms with E-state index >= 15 is 0 Å². The zero-order valence-electron chi connectivity index (χ0n) is 17.8. The molecule has 33 heavy (non-hydrogen) atoms. The monoisotopic (exact) mass is 452 g/mol. The minimum absolute atomic E-state index is 0.159. The summed E-state index contributed by atoms with van der Waals surface area (Å²) < 4.78 is 41.2. The Kier molecular flexibility index (Phi) is 4.88. The van der Waals surface area contributed by atoms with Gasteiger partial charge < -0.3 is 4.90 Å². The number of hydrogen-bond donors (Lipinski definition) is 0. The molecule has 0 bridgehead atoms. The Balaban J connectivity index is 1.49. The van der Waals surface area contributed by atoms with Crippen molar-refractivity contribution in [2.75, 3.05) is 6.54 Å². The molecule has 0 radical (unpaired) electrons. The van der Waals surface area contributed by atoms with Gasteiger partial charge in [-0.3, -0.25) is 24.4 Å². The van der Waals surface area contributed by atoms with Crippen LogP contribution in [0, 0.1) is 0 Å². The maximum Gasteiger partial charge on any atom is 0.417 e. The number of aromatic nitrogens is 5. The first-order valence-corrected chi connectivity index (χ1v) is 10.3. The largest absolute Gasteiger partial charge is 0.417 e. The zero-order chi connectivity index (χ0) is 23.3. The molecule has 1 unspecified atom stereocenters. The summed E-state index contributed by atoms with van der Waals surface area (Å²) in [6.07, 6.45) is 1.37. The summed E-state index contributed by atoms with van der Waals surface area (Å²) in [5.74, 6) is -0.159. The molecule has 1 amide bonds. The van der Waals surface area contributed by atoms with Gasteiger partial charge in [-0.25, -0.2) is 0 Å². The number of amides is 1. The van der Waals surface area contributed by atoms with Crippen molar-refractivity contribution in [1.82, 2.24) is 29.6 Å². The summed E-state index contributed by atoms with van der Waals surface area (Å²) in [4.78, 5) is 27.3. The third kappa shape index (κ3) is 3.61. The van der Waals surface area contributed by atoms with Crippen LogP contribution in [0.4, 0.5) is 13.2 Å². The van der Waals surface area contributed by atoms with E-state index in [4.69, 9.17) is 0 Å². The van der Waals surface area contributed by atoms with Crippen molar-refractivity contribution in [2.24, 2.45) is 7.05 Å². The quantitative estimate of drug-likeness (QED) is 0.456. The van der Waals surface area contributed by atoms with Gasteiger partial charge in [-0.05, 0) is 37.6 Å². The summed E-state index contributed by atoms with van der Waals surface area (Å²) in [7, 11) is 1.69. The second kappa shape index (κ2) is 7.65. The van der Waals surface area contributed by atoms with Crippen molar-refractivity contribution in [3.63, 3.8) is 0 Å². The van der Waals surface area contributed by atoms with Gasteiger partial charge in [0.15, 0.2) is 0 Å². The number of pyridine rings is 1. The van der Waals surface area contributed by atoms with E-state index in [1.54, 1.807) is 47.2 Å². The molecule has 3 aromatic heterocycles. The zero-order valence-corrected chi connectivity index (χ0v) is 17.8. The number of rotatable bonds is 2. The average Bonchev–Trinajstić information content (AvgIpc) is 3.15. The van der Waals surface area contributed by atoms with Crippen LogP contribution in [-0.4, -0.2) is 42.1 Å². The van der Waals surface area contributed by atoms with Crippen LogP contribution >= 0.6 is 0 Å². The highest BCUT2D eigenvalue weighted by Crippen LogP contribution is 2.37. The van der Waals surface area contributed by atoms with E-state index in [-0.39, 0.29) is 11.9 Å². The van der Waals surface area contributed by atoms with Gasteiger partial charge in [-0.2, -0.15) is 18.3 Å². The fourth-order valence-electron chi connectivity index (χ4n) is 4.37. The summed E-state index contributed by atoms with van der Waals surface area (Å²) in [5, 5.41) is 4.57. The molecule has 0 fully saturated rings. The number of nitrogens with zero attached hydrogens (tertiary/aromatic N) is 6. The third-order valence-corrected chi connectivity index (χ3v) is 5.96. The Morgan fingerprint density at radius 3 is 2.61 bits per heavy atom. The Morgan fingerprint density at radius 1 is 1.09 bits per heavy atom. The molecule has 1 atom stereocenters. The highest BCUT2D eigenvalue weighted by atomic mass is 19.4. The number of halogens is 3. The van der Waals surface area contributed by atoms with E-state index < -0.39 is 11.7 Å². The van der Waals surface area contributed by atoms with Crippen molar-refractivity contribution in [3.05, 3.63) is 71.4 Å². The lowest BCUT2D eigenvalue weighted by Gasteiger charge is -2.33. The van der Waals surface area contributed by atoms with Crippen LogP contribution in [0.25, 0.3) is 22.3 Å². The van der Waals surface area contributed by atoms with E-state index in [0.29, 0.717) is 46.5 Å². The molecular formula is C23H19F3N6O. The van der Waals surface area contributed by atoms with Gasteiger partial charge in [0.05, 0.1) is 34.0 Å². The normalized spacial score (nSPS) is 16.2. The molecule has 4 heterocycles. The first-order chi connectivity index (χ1) is 15.7. The Morgan fingerprint density at radius 2 is 1.85 bits per heavy atom. The van der Waals surface area contributed by atoms with Crippen LogP contribution in [0.15, 0.2) is 49.1 Å². The molecule has 0 spiro atoms. The minimum Gasteiger partial charge on any atom is -0.330 e. The number of alkyl halides is 3. The maximum atomic E-state index is 13.3. The Labute approximate surface area is 186 Å². The SMILES string of the molecule is CC1c2nn(C)c(-c3cncc(C(F)(F)F)c3)c2CCN1C(=O)c1ccc2nccnc2c1. The van der Waals surface area contributed by atoms with E-state index in [2.05, 4.69) is 20.1 Å². The first kappa shape index (κ1) is 21.0. The lowest BCUT2D eigenvalue weighted by atomic mass is 9.95. The number of carbonyl (C=O) groups excluding carboxylic acids is 1. The van der Waals surface area contributed by atoms with Gasteiger partial charge in [0.2, 0.25) is 0 Å². The van der Waals surface area contributed by atoms with Gasteiger partial charge in [0, 0.05) is 55.1 Å². The number of carbonyl (C=O) groups is 1. The van der Waals surface area contributed by atoms with Crippen LogP contribution < -0.4 is 0 Å². The van der Waals surface area contributed by atoms with Crippen molar-refractivity contribution < 1.29 is 18.0 Å². The number of aryl methyl sites for hydroxylation is 1. The van der Waals surface area contributed by atoms with Gasteiger partial charge in [0.1, 0.15) is 0 Å². The summed E-state index contributed by atoms with van der Waals surface area (Å²) in [6.45, 7) is 2.29. The first-order valence-electron chi connectivity index (χ1n) is 10.3. The molecule has 10 heteroatoms. The lowest BCUT2D eigenvalue weighted by Crippen LogP contribution is -2.38. The van der Waals surface area contributed by atoms with Crippen LogP contribution in [0.2, 0.25) is 0 Å². The average molecular weight is 452 g/mol. The molecule has 5 rings (SSSR count). The van der Waals surface area contributed by atoms with Crippen molar-refractivity contribution in [1.29, 1.82) is 0 Å². The topological polar surface area (TPSA) is 76.8 Å². The Hall–Kier alpha value is -3.82. The fraction of sp³-hybridized carbons (Fsp3) is 0.261. The molecule has 168 valence electrons. The molecule has 1 aromatic carbocycles. The highest BCUT2D eigenvalue weighted by Gasteiger charge is 2.35. The van der Waals surface area contributed by atoms with Gasteiger partial charge >= 0.3 is 6.18 Å². The lowest BCUT2D eigenvalue weighted by molar-refractivity contribution is -0.137. The molecule has 0 saturated carbocycles. The molecule has 7 nitrogen and oxygen atoms in total. The minimum atomic E-state index is -4.48. The Bertz CT molecular complexity index is 1380. The van der Waals surface area contributed by atoms with E-state index in [1.807, 2.05) is 6.92 Å². The molecule has 0 N–H and O–H groups in total. The highest BCUT2D eigenvalue weighted by molar-refractivity contribution is 5.97. The molecule has 1 aliphatic heterocycles. The summed E-state index contributed by atoms with van der Waals surface area (Å²) in [5.41, 5.74) is 3.46. The number of benzene rings is 1. The fourth-order valence-corrected chi connectivity index (χ4v) is 4.37.